The number of aliphatic hydroxyl groups excluding tert-OH is 1. The van der Waals surface area contributed by atoms with Crippen LogP contribution in [0.4, 0.5) is 0 Å². The van der Waals surface area contributed by atoms with Crippen molar-refractivity contribution < 1.29 is 9.90 Å². The van der Waals surface area contributed by atoms with E-state index in [4.69, 9.17) is 16.7 Å². The van der Waals surface area contributed by atoms with Crippen LogP contribution in [-0.4, -0.2) is 17.6 Å². The smallest absolute Gasteiger partial charge is 0.217 e. The van der Waals surface area contributed by atoms with Gasteiger partial charge in [-0.15, -0.1) is 0 Å². The molecule has 0 aliphatic rings. The zero-order valence-corrected chi connectivity index (χ0v) is 8.58. The largest absolute Gasteiger partial charge is 0.394 e. The maximum atomic E-state index is 10.8. The lowest BCUT2D eigenvalue weighted by Gasteiger charge is -2.15. The molecule has 4 heteroatoms. The van der Waals surface area contributed by atoms with Gasteiger partial charge in [0.15, 0.2) is 0 Å². The number of rotatable bonds is 3. The Morgan fingerprint density at radius 3 is 2.50 bits per heavy atom. The Kier molecular flexibility index (Phi) is 3.92. The van der Waals surface area contributed by atoms with Crippen molar-refractivity contribution >= 4 is 17.5 Å². The van der Waals surface area contributed by atoms with Crippen LogP contribution in [0.5, 0.6) is 0 Å². The van der Waals surface area contributed by atoms with Crippen molar-refractivity contribution in [1.29, 1.82) is 0 Å². The molecule has 0 fully saturated rings. The van der Waals surface area contributed by atoms with Gasteiger partial charge in [0.05, 0.1) is 12.6 Å². The maximum absolute atomic E-state index is 10.8. The molecule has 1 atom stereocenters. The van der Waals surface area contributed by atoms with E-state index in [0.717, 1.165) is 5.56 Å². The van der Waals surface area contributed by atoms with Gasteiger partial charge in [-0.25, -0.2) is 0 Å². The Morgan fingerprint density at radius 2 is 2.07 bits per heavy atom. The van der Waals surface area contributed by atoms with Gasteiger partial charge in [-0.3, -0.25) is 4.79 Å². The first-order chi connectivity index (χ1) is 6.63. The molecule has 0 aliphatic heterocycles. The van der Waals surface area contributed by atoms with Crippen molar-refractivity contribution in [2.45, 2.75) is 13.0 Å². The van der Waals surface area contributed by atoms with E-state index in [1.807, 2.05) is 0 Å². The molecule has 0 saturated carbocycles. The normalized spacial score (nSPS) is 12.2. The fourth-order valence-electron chi connectivity index (χ4n) is 1.17. The molecule has 0 aliphatic carbocycles. The molecule has 2 N–H and O–H groups in total. The molecule has 0 spiro atoms. The molecule has 1 amide bonds. The van der Waals surface area contributed by atoms with Gasteiger partial charge in [0.2, 0.25) is 5.91 Å². The second kappa shape index (κ2) is 4.98. The maximum Gasteiger partial charge on any atom is 0.217 e. The number of amides is 1. The number of hydrogen-bond acceptors (Lipinski definition) is 2. The molecule has 1 aromatic carbocycles. The first-order valence-corrected chi connectivity index (χ1v) is 4.64. The zero-order valence-electron chi connectivity index (χ0n) is 7.83. The standard InChI is InChI=1S/C10H12ClNO2/c1-7(14)12-10(6-13)8-2-4-9(11)5-3-8/h2-5,10,13H,6H2,1H3,(H,12,14). The van der Waals surface area contributed by atoms with Crippen molar-refractivity contribution in [2.24, 2.45) is 0 Å². The molecule has 3 nitrogen and oxygen atoms in total. The predicted octanol–water partition coefficient (Wildman–Crippen LogP) is 1.51. The highest BCUT2D eigenvalue weighted by Gasteiger charge is 2.10. The molecular weight excluding hydrogens is 202 g/mol. The minimum atomic E-state index is -0.357. The van der Waals surface area contributed by atoms with Gasteiger partial charge in [0.1, 0.15) is 0 Å². The van der Waals surface area contributed by atoms with Crippen LogP contribution >= 0.6 is 11.6 Å². The third-order valence-corrected chi connectivity index (χ3v) is 2.08. The topological polar surface area (TPSA) is 49.3 Å². The van der Waals surface area contributed by atoms with Crippen LogP contribution in [-0.2, 0) is 4.79 Å². The van der Waals surface area contributed by atoms with Crippen LogP contribution in [0.2, 0.25) is 5.02 Å². The van der Waals surface area contributed by atoms with E-state index >= 15 is 0 Å². The molecule has 14 heavy (non-hydrogen) atoms. The molecule has 76 valence electrons. The van der Waals surface area contributed by atoms with Gasteiger partial charge in [0.25, 0.3) is 0 Å². The van der Waals surface area contributed by atoms with Crippen LogP contribution < -0.4 is 5.32 Å². The third kappa shape index (κ3) is 3.01. The summed E-state index contributed by atoms with van der Waals surface area (Å²) in [5.74, 6) is -0.168. The van der Waals surface area contributed by atoms with Crippen LogP contribution in [0, 0.1) is 0 Å². The fraction of sp³-hybridized carbons (Fsp3) is 0.300. The highest BCUT2D eigenvalue weighted by atomic mass is 35.5. The Balaban J connectivity index is 2.78. The van der Waals surface area contributed by atoms with E-state index in [0.29, 0.717) is 5.02 Å². The third-order valence-electron chi connectivity index (χ3n) is 1.83. The van der Waals surface area contributed by atoms with Gasteiger partial charge < -0.3 is 10.4 Å². The number of aliphatic hydroxyl groups is 1. The lowest BCUT2D eigenvalue weighted by Crippen LogP contribution is -2.28. The number of carbonyl (C=O) groups excluding carboxylic acids is 1. The monoisotopic (exact) mass is 213 g/mol. The average Bonchev–Trinajstić information content (AvgIpc) is 2.15. The molecule has 1 unspecified atom stereocenters. The Hall–Kier alpha value is -1.06. The number of carbonyl (C=O) groups is 1. The van der Waals surface area contributed by atoms with E-state index in [1.165, 1.54) is 6.92 Å². The molecule has 0 saturated heterocycles. The number of hydrogen-bond donors (Lipinski definition) is 2. The van der Waals surface area contributed by atoms with Gasteiger partial charge in [-0.05, 0) is 17.7 Å². The Labute approximate surface area is 87.7 Å². The Morgan fingerprint density at radius 1 is 1.50 bits per heavy atom. The van der Waals surface area contributed by atoms with E-state index < -0.39 is 0 Å². The number of benzene rings is 1. The van der Waals surface area contributed by atoms with E-state index in [1.54, 1.807) is 24.3 Å². The van der Waals surface area contributed by atoms with Gasteiger partial charge in [0, 0.05) is 11.9 Å². The van der Waals surface area contributed by atoms with Crippen LogP contribution in [0.15, 0.2) is 24.3 Å². The van der Waals surface area contributed by atoms with Gasteiger partial charge in [-0.2, -0.15) is 0 Å². The summed E-state index contributed by atoms with van der Waals surface area (Å²) in [7, 11) is 0. The van der Waals surface area contributed by atoms with Crippen LogP contribution in [0.25, 0.3) is 0 Å². The molecule has 0 heterocycles. The number of nitrogens with one attached hydrogen (secondary N) is 1. The highest BCUT2D eigenvalue weighted by molar-refractivity contribution is 6.30. The fourth-order valence-corrected chi connectivity index (χ4v) is 1.30. The SMILES string of the molecule is CC(=O)NC(CO)c1ccc(Cl)cc1. The molecule has 1 rings (SSSR count). The predicted molar refractivity (Wildman–Crippen MR) is 55.1 cm³/mol. The molecule has 0 aromatic heterocycles. The highest BCUT2D eigenvalue weighted by Crippen LogP contribution is 2.15. The molecular formula is C10H12ClNO2. The second-order valence-corrected chi connectivity index (χ2v) is 3.42. The summed E-state index contributed by atoms with van der Waals surface area (Å²) >= 11 is 5.72. The summed E-state index contributed by atoms with van der Waals surface area (Å²) in [6.07, 6.45) is 0. The summed E-state index contributed by atoms with van der Waals surface area (Å²) in [6, 6.07) is 6.64. The average molecular weight is 214 g/mol. The van der Waals surface area contributed by atoms with E-state index in [-0.39, 0.29) is 18.6 Å². The Bertz CT molecular complexity index is 310. The molecule has 0 radical (unpaired) electrons. The first kappa shape index (κ1) is 11.0. The zero-order chi connectivity index (χ0) is 10.6. The van der Waals surface area contributed by atoms with E-state index in [2.05, 4.69) is 5.32 Å². The van der Waals surface area contributed by atoms with E-state index in [9.17, 15) is 4.79 Å². The first-order valence-electron chi connectivity index (χ1n) is 4.27. The molecule has 1 aromatic rings. The van der Waals surface area contributed by atoms with Gasteiger partial charge >= 0.3 is 0 Å². The van der Waals surface area contributed by atoms with Crippen LogP contribution in [0.1, 0.15) is 18.5 Å². The van der Waals surface area contributed by atoms with Crippen molar-refractivity contribution in [3.05, 3.63) is 34.9 Å². The summed E-state index contributed by atoms with van der Waals surface area (Å²) in [5, 5.41) is 12.3. The second-order valence-electron chi connectivity index (χ2n) is 2.99. The molecule has 0 bridgehead atoms. The quantitative estimate of drug-likeness (QED) is 0.800. The van der Waals surface area contributed by atoms with Gasteiger partial charge in [-0.1, -0.05) is 23.7 Å². The van der Waals surface area contributed by atoms with Crippen LogP contribution in [0.3, 0.4) is 0 Å². The summed E-state index contributed by atoms with van der Waals surface area (Å²) < 4.78 is 0. The van der Waals surface area contributed by atoms with Crippen molar-refractivity contribution in [2.75, 3.05) is 6.61 Å². The minimum absolute atomic E-state index is 0.124. The van der Waals surface area contributed by atoms with Crippen molar-refractivity contribution in [1.82, 2.24) is 5.32 Å². The minimum Gasteiger partial charge on any atom is -0.394 e. The van der Waals surface area contributed by atoms with Crippen molar-refractivity contribution in [3.63, 3.8) is 0 Å². The summed E-state index contributed by atoms with van der Waals surface area (Å²) in [5.41, 5.74) is 0.840. The number of halogens is 1. The lowest BCUT2D eigenvalue weighted by atomic mass is 10.1. The lowest BCUT2D eigenvalue weighted by molar-refractivity contribution is -0.120. The van der Waals surface area contributed by atoms with Crippen molar-refractivity contribution in [3.8, 4) is 0 Å². The summed E-state index contributed by atoms with van der Waals surface area (Å²) in [6.45, 7) is 1.29. The summed E-state index contributed by atoms with van der Waals surface area (Å²) in [4.78, 5) is 10.8.